The molecule has 2 aliphatic rings. The molecule has 2 unspecified atom stereocenters. The Morgan fingerprint density at radius 1 is 1.27 bits per heavy atom. The summed E-state index contributed by atoms with van der Waals surface area (Å²) in [5, 5.41) is 15.8. The molecule has 0 bridgehead atoms. The summed E-state index contributed by atoms with van der Waals surface area (Å²) in [5.41, 5.74) is 0.671. The number of nitrogens with one attached hydrogen (secondary N) is 2. The molecule has 1 aromatic carbocycles. The summed E-state index contributed by atoms with van der Waals surface area (Å²) >= 11 is 0. The predicted molar refractivity (Wildman–Crippen MR) is 86.4 cm³/mol. The van der Waals surface area contributed by atoms with Crippen molar-refractivity contribution < 1.29 is 9.90 Å². The molecule has 3 rings (SSSR count). The molecule has 4 nitrogen and oxygen atoms in total. The minimum Gasteiger partial charge on any atom is -0.394 e. The number of rotatable bonds is 6. The monoisotopic (exact) mass is 302 g/mol. The fraction of sp³-hybridized carbons (Fsp3) is 0.611. The third kappa shape index (κ3) is 3.27. The number of hydrogen-bond donors (Lipinski definition) is 3. The second kappa shape index (κ2) is 6.29. The lowest BCUT2D eigenvalue weighted by Crippen LogP contribution is -2.55. The molecule has 0 saturated heterocycles. The largest absolute Gasteiger partial charge is 0.394 e. The molecule has 0 aliphatic heterocycles. The van der Waals surface area contributed by atoms with Crippen LogP contribution in [0.1, 0.15) is 50.6 Å². The number of aliphatic hydroxyl groups is 1. The second-order valence-corrected chi connectivity index (χ2v) is 7.03. The van der Waals surface area contributed by atoms with Gasteiger partial charge in [-0.25, -0.2) is 4.79 Å². The Bertz CT molecular complexity index is 511. The van der Waals surface area contributed by atoms with Crippen LogP contribution in [-0.4, -0.2) is 23.3 Å². The highest BCUT2D eigenvalue weighted by Crippen LogP contribution is 2.40. The number of benzene rings is 1. The van der Waals surface area contributed by atoms with E-state index in [1.165, 1.54) is 24.8 Å². The van der Waals surface area contributed by atoms with Gasteiger partial charge in [-0.2, -0.15) is 0 Å². The maximum Gasteiger partial charge on any atom is 0.315 e. The molecule has 1 aromatic rings. The lowest BCUT2D eigenvalue weighted by Gasteiger charge is -2.36. The highest BCUT2D eigenvalue weighted by Gasteiger charge is 2.42. The number of carbonyl (C=O) groups excluding carboxylic acids is 1. The van der Waals surface area contributed by atoms with Gasteiger partial charge in [0.1, 0.15) is 0 Å². The van der Waals surface area contributed by atoms with Crippen molar-refractivity contribution in [1.29, 1.82) is 0 Å². The van der Waals surface area contributed by atoms with Crippen LogP contribution in [0.25, 0.3) is 0 Å². The van der Waals surface area contributed by atoms with Gasteiger partial charge in [-0.3, -0.25) is 0 Å². The maximum atomic E-state index is 12.4. The molecule has 2 fully saturated rings. The van der Waals surface area contributed by atoms with Gasteiger partial charge in [0.05, 0.1) is 18.2 Å². The van der Waals surface area contributed by atoms with E-state index in [2.05, 4.69) is 22.8 Å². The third-order valence-electron chi connectivity index (χ3n) is 5.27. The Morgan fingerprint density at radius 3 is 2.45 bits per heavy atom. The van der Waals surface area contributed by atoms with Crippen LogP contribution < -0.4 is 10.6 Å². The Morgan fingerprint density at radius 2 is 1.95 bits per heavy atom. The van der Waals surface area contributed by atoms with Gasteiger partial charge in [-0.1, -0.05) is 36.8 Å². The Kier molecular flexibility index (Phi) is 4.39. The van der Waals surface area contributed by atoms with E-state index in [1.807, 2.05) is 25.1 Å². The van der Waals surface area contributed by atoms with Crippen LogP contribution in [0.4, 0.5) is 4.79 Å². The van der Waals surface area contributed by atoms with E-state index < -0.39 is 5.54 Å². The minimum atomic E-state index is -0.495. The Labute approximate surface area is 132 Å². The van der Waals surface area contributed by atoms with Crippen molar-refractivity contribution in [2.45, 2.75) is 50.6 Å². The first-order valence-corrected chi connectivity index (χ1v) is 8.37. The first-order valence-electron chi connectivity index (χ1n) is 8.37. The van der Waals surface area contributed by atoms with Crippen molar-refractivity contribution in [2.75, 3.05) is 6.61 Å². The predicted octanol–water partition coefficient (Wildman–Crippen LogP) is 2.99. The maximum absolute atomic E-state index is 12.4. The van der Waals surface area contributed by atoms with Gasteiger partial charge in [0.15, 0.2) is 0 Å². The summed E-state index contributed by atoms with van der Waals surface area (Å²) in [5.74, 6) is 0.927. The molecule has 0 radical (unpaired) electrons. The summed E-state index contributed by atoms with van der Waals surface area (Å²) in [4.78, 5) is 12.4. The van der Waals surface area contributed by atoms with Crippen molar-refractivity contribution in [3.8, 4) is 0 Å². The van der Waals surface area contributed by atoms with Crippen molar-refractivity contribution in [3.63, 3.8) is 0 Å². The molecule has 2 saturated carbocycles. The topological polar surface area (TPSA) is 61.4 Å². The second-order valence-electron chi connectivity index (χ2n) is 7.03. The zero-order chi connectivity index (χ0) is 15.6. The van der Waals surface area contributed by atoms with Crippen LogP contribution >= 0.6 is 0 Å². The molecule has 0 spiro atoms. The summed E-state index contributed by atoms with van der Waals surface area (Å²) in [7, 11) is 0. The fourth-order valence-corrected chi connectivity index (χ4v) is 3.33. The zero-order valence-electron chi connectivity index (χ0n) is 13.2. The van der Waals surface area contributed by atoms with Crippen molar-refractivity contribution in [3.05, 3.63) is 35.9 Å². The van der Waals surface area contributed by atoms with Gasteiger partial charge in [0.2, 0.25) is 0 Å². The SMILES string of the molecule is CC(CO)(NC(=O)NC(c1ccccc1)C1CCC1)C1CC1. The van der Waals surface area contributed by atoms with Crippen LogP contribution in [0.2, 0.25) is 0 Å². The molecule has 4 heteroatoms. The van der Waals surface area contributed by atoms with Gasteiger partial charge in [-0.15, -0.1) is 0 Å². The smallest absolute Gasteiger partial charge is 0.315 e. The lowest BCUT2D eigenvalue weighted by molar-refractivity contribution is 0.149. The summed E-state index contributed by atoms with van der Waals surface area (Å²) in [6.07, 6.45) is 5.75. The average molecular weight is 302 g/mol. The number of aliphatic hydroxyl groups excluding tert-OH is 1. The molecule has 0 heterocycles. The molecular weight excluding hydrogens is 276 g/mol. The minimum absolute atomic E-state index is 0.00941. The molecule has 3 N–H and O–H groups in total. The number of urea groups is 1. The van der Waals surface area contributed by atoms with Gasteiger partial charge in [-0.05, 0) is 50.0 Å². The average Bonchev–Trinajstić information content (AvgIpc) is 3.30. The summed E-state index contributed by atoms with van der Waals surface area (Å²) in [6, 6.07) is 10.1. The van der Waals surface area contributed by atoms with E-state index in [4.69, 9.17) is 0 Å². The molecule has 2 amide bonds. The van der Waals surface area contributed by atoms with E-state index >= 15 is 0 Å². The van der Waals surface area contributed by atoms with Gasteiger partial charge >= 0.3 is 6.03 Å². The van der Waals surface area contributed by atoms with Crippen LogP contribution in [-0.2, 0) is 0 Å². The van der Waals surface area contributed by atoms with E-state index in [-0.39, 0.29) is 18.7 Å². The van der Waals surface area contributed by atoms with E-state index in [0.29, 0.717) is 11.8 Å². The Balaban J connectivity index is 1.66. The van der Waals surface area contributed by atoms with E-state index in [1.54, 1.807) is 0 Å². The van der Waals surface area contributed by atoms with Gasteiger partial charge in [0, 0.05) is 0 Å². The highest BCUT2D eigenvalue weighted by atomic mass is 16.3. The molecular formula is C18H26N2O2. The first kappa shape index (κ1) is 15.3. The fourth-order valence-electron chi connectivity index (χ4n) is 3.33. The van der Waals surface area contributed by atoms with Crippen LogP contribution in [0, 0.1) is 11.8 Å². The van der Waals surface area contributed by atoms with E-state index in [0.717, 1.165) is 12.8 Å². The number of carbonyl (C=O) groups is 1. The van der Waals surface area contributed by atoms with Crippen molar-refractivity contribution in [2.24, 2.45) is 11.8 Å². The Hall–Kier alpha value is -1.55. The zero-order valence-corrected chi connectivity index (χ0v) is 13.2. The molecule has 2 atom stereocenters. The lowest BCUT2D eigenvalue weighted by atomic mass is 9.77. The molecule has 0 aromatic heterocycles. The highest BCUT2D eigenvalue weighted by molar-refractivity contribution is 5.75. The van der Waals surface area contributed by atoms with Crippen molar-refractivity contribution in [1.82, 2.24) is 10.6 Å². The summed E-state index contributed by atoms with van der Waals surface area (Å²) < 4.78 is 0. The van der Waals surface area contributed by atoms with Crippen LogP contribution in [0.5, 0.6) is 0 Å². The number of amides is 2. The van der Waals surface area contributed by atoms with Gasteiger partial charge in [0.25, 0.3) is 0 Å². The normalized spacial score (nSPS) is 22.3. The molecule has 22 heavy (non-hydrogen) atoms. The van der Waals surface area contributed by atoms with Gasteiger partial charge < -0.3 is 15.7 Å². The van der Waals surface area contributed by atoms with Crippen LogP contribution in [0.3, 0.4) is 0 Å². The quantitative estimate of drug-likeness (QED) is 0.756. The molecule has 120 valence electrons. The third-order valence-corrected chi connectivity index (χ3v) is 5.27. The van der Waals surface area contributed by atoms with E-state index in [9.17, 15) is 9.90 Å². The summed E-state index contributed by atoms with van der Waals surface area (Å²) in [6.45, 7) is 1.93. The van der Waals surface area contributed by atoms with Crippen LogP contribution in [0.15, 0.2) is 30.3 Å². The molecule has 2 aliphatic carbocycles. The first-order chi connectivity index (χ1) is 10.6. The van der Waals surface area contributed by atoms with Crippen molar-refractivity contribution >= 4 is 6.03 Å². The number of hydrogen-bond acceptors (Lipinski definition) is 2. The standard InChI is InChI=1S/C18H26N2O2/c1-18(12-21,15-10-11-15)20-17(22)19-16(14-8-5-9-14)13-6-3-2-4-7-13/h2-4,6-7,14-16,21H,5,8-12H2,1H3,(H2,19,20,22).